The lowest BCUT2D eigenvalue weighted by atomic mass is 9.96. The van der Waals surface area contributed by atoms with E-state index in [1.54, 1.807) is 0 Å². The van der Waals surface area contributed by atoms with Crippen molar-refractivity contribution in [2.24, 2.45) is 5.73 Å². The van der Waals surface area contributed by atoms with E-state index in [0.29, 0.717) is 0 Å². The third-order valence-corrected chi connectivity index (χ3v) is 4.77. The van der Waals surface area contributed by atoms with E-state index < -0.39 is 5.54 Å². The van der Waals surface area contributed by atoms with Gasteiger partial charge >= 0.3 is 0 Å². The van der Waals surface area contributed by atoms with Gasteiger partial charge in [-0.1, -0.05) is 65.2 Å². The second kappa shape index (κ2) is 10.2. The van der Waals surface area contributed by atoms with Crippen LogP contribution < -0.4 is 5.73 Å². The van der Waals surface area contributed by atoms with Gasteiger partial charge in [0.1, 0.15) is 0 Å². The van der Waals surface area contributed by atoms with Gasteiger partial charge in [0.2, 0.25) is 5.91 Å². The van der Waals surface area contributed by atoms with Crippen LogP contribution in [-0.2, 0) is 4.79 Å². The molecule has 1 saturated carbocycles. The summed E-state index contributed by atoms with van der Waals surface area (Å²) in [4.78, 5) is 14.9. The van der Waals surface area contributed by atoms with Gasteiger partial charge < -0.3 is 10.6 Å². The monoisotopic (exact) mass is 296 g/mol. The Morgan fingerprint density at radius 2 is 1.38 bits per heavy atom. The maximum Gasteiger partial charge on any atom is 0.242 e. The van der Waals surface area contributed by atoms with Gasteiger partial charge in [-0.2, -0.15) is 0 Å². The Hall–Kier alpha value is -0.570. The van der Waals surface area contributed by atoms with E-state index in [0.717, 1.165) is 51.6 Å². The SMILES string of the molecule is CCCCCCN(CCCCCC)C(=O)C1(N)CCCC1. The third kappa shape index (κ3) is 6.37. The van der Waals surface area contributed by atoms with E-state index in [-0.39, 0.29) is 5.91 Å². The zero-order valence-electron chi connectivity index (χ0n) is 14.3. The normalized spacial score (nSPS) is 17.1. The molecule has 3 heteroatoms. The van der Waals surface area contributed by atoms with Crippen LogP contribution in [-0.4, -0.2) is 29.4 Å². The van der Waals surface area contributed by atoms with Crippen LogP contribution in [0.25, 0.3) is 0 Å². The Morgan fingerprint density at radius 1 is 0.905 bits per heavy atom. The predicted molar refractivity (Wildman–Crippen MR) is 90.3 cm³/mol. The Balaban J connectivity index is 2.46. The van der Waals surface area contributed by atoms with Gasteiger partial charge in [0.15, 0.2) is 0 Å². The molecule has 3 nitrogen and oxygen atoms in total. The van der Waals surface area contributed by atoms with Gasteiger partial charge in [0, 0.05) is 13.1 Å². The highest BCUT2D eigenvalue weighted by Gasteiger charge is 2.39. The van der Waals surface area contributed by atoms with Crippen molar-refractivity contribution in [2.75, 3.05) is 13.1 Å². The first-order valence-electron chi connectivity index (χ1n) is 9.22. The summed E-state index contributed by atoms with van der Waals surface area (Å²) < 4.78 is 0. The van der Waals surface area contributed by atoms with Crippen LogP contribution in [0.15, 0.2) is 0 Å². The van der Waals surface area contributed by atoms with Crippen molar-refractivity contribution < 1.29 is 4.79 Å². The topological polar surface area (TPSA) is 46.3 Å². The Labute approximate surface area is 131 Å². The van der Waals surface area contributed by atoms with Crippen molar-refractivity contribution >= 4 is 5.91 Å². The molecule has 0 aromatic rings. The number of hydrogen-bond acceptors (Lipinski definition) is 2. The highest BCUT2D eigenvalue weighted by Crippen LogP contribution is 2.29. The molecular formula is C18H36N2O. The zero-order chi connectivity index (χ0) is 15.6. The molecule has 2 N–H and O–H groups in total. The summed E-state index contributed by atoms with van der Waals surface area (Å²) in [5.74, 6) is 0.230. The number of rotatable bonds is 11. The third-order valence-electron chi connectivity index (χ3n) is 4.77. The average Bonchev–Trinajstić information content (AvgIpc) is 2.93. The smallest absolute Gasteiger partial charge is 0.242 e. The molecular weight excluding hydrogens is 260 g/mol. The predicted octanol–water partition coefficient (Wildman–Crippen LogP) is 4.25. The van der Waals surface area contributed by atoms with Crippen LogP contribution in [0.5, 0.6) is 0 Å². The Kier molecular flexibility index (Phi) is 8.98. The van der Waals surface area contributed by atoms with E-state index in [4.69, 9.17) is 5.73 Å². The molecule has 0 spiro atoms. The molecule has 0 aromatic heterocycles. The number of nitrogens with zero attached hydrogens (tertiary/aromatic N) is 1. The van der Waals surface area contributed by atoms with Gasteiger partial charge in [-0.25, -0.2) is 0 Å². The van der Waals surface area contributed by atoms with E-state index in [1.807, 2.05) is 0 Å². The molecule has 0 heterocycles. The minimum Gasteiger partial charge on any atom is -0.341 e. The fourth-order valence-electron chi connectivity index (χ4n) is 3.31. The number of amides is 1. The molecule has 0 bridgehead atoms. The highest BCUT2D eigenvalue weighted by atomic mass is 16.2. The van der Waals surface area contributed by atoms with Crippen molar-refractivity contribution in [3.8, 4) is 0 Å². The molecule has 21 heavy (non-hydrogen) atoms. The first kappa shape index (κ1) is 18.5. The summed E-state index contributed by atoms with van der Waals surface area (Å²) in [6.07, 6.45) is 13.7. The first-order chi connectivity index (χ1) is 10.1. The number of carbonyl (C=O) groups is 1. The molecule has 0 radical (unpaired) electrons. The summed E-state index contributed by atoms with van der Waals surface area (Å²) in [5.41, 5.74) is 5.83. The minimum absolute atomic E-state index is 0.230. The number of hydrogen-bond donors (Lipinski definition) is 1. The van der Waals surface area contributed by atoms with E-state index in [2.05, 4.69) is 18.7 Å². The van der Waals surface area contributed by atoms with E-state index in [1.165, 1.54) is 38.5 Å². The molecule has 1 fully saturated rings. The summed E-state index contributed by atoms with van der Waals surface area (Å²) in [7, 11) is 0. The van der Waals surface area contributed by atoms with Gasteiger partial charge in [-0.3, -0.25) is 4.79 Å². The molecule has 0 atom stereocenters. The fourth-order valence-corrected chi connectivity index (χ4v) is 3.31. The van der Waals surface area contributed by atoms with Crippen molar-refractivity contribution in [1.29, 1.82) is 0 Å². The van der Waals surface area contributed by atoms with Crippen molar-refractivity contribution in [3.05, 3.63) is 0 Å². The van der Waals surface area contributed by atoms with Gasteiger partial charge in [0.25, 0.3) is 0 Å². The molecule has 0 aliphatic heterocycles. The van der Waals surface area contributed by atoms with Gasteiger partial charge in [0.05, 0.1) is 5.54 Å². The van der Waals surface area contributed by atoms with Crippen molar-refractivity contribution in [3.63, 3.8) is 0 Å². The summed E-state index contributed by atoms with van der Waals surface area (Å²) in [5, 5.41) is 0. The summed E-state index contributed by atoms with van der Waals surface area (Å²) in [6, 6.07) is 0. The summed E-state index contributed by atoms with van der Waals surface area (Å²) >= 11 is 0. The molecule has 124 valence electrons. The first-order valence-corrected chi connectivity index (χ1v) is 9.22. The Bertz CT molecular complexity index is 273. The highest BCUT2D eigenvalue weighted by molar-refractivity contribution is 5.86. The number of nitrogens with two attached hydrogens (primary N) is 1. The average molecular weight is 296 g/mol. The number of carbonyl (C=O) groups excluding carboxylic acids is 1. The lowest BCUT2D eigenvalue weighted by molar-refractivity contribution is -0.137. The van der Waals surface area contributed by atoms with Crippen LogP contribution in [0, 0.1) is 0 Å². The lowest BCUT2D eigenvalue weighted by Gasteiger charge is -2.32. The zero-order valence-corrected chi connectivity index (χ0v) is 14.3. The van der Waals surface area contributed by atoms with Crippen LogP contribution in [0.3, 0.4) is 0 Å². The maximum atomic E-state index is 12.8. The molecule has 0 aromatic carbocycles. The van der Waals surface area contributed by atoms with Crippen molar-refractivity contribution in [2.45, 2.75) is 96.4 Å². The fraction of sp³-hybridized carbons (Fsp3) is 0.944. The second-order valence-corrected chi connectivity index (χ2v) is 6.78. The quantitative estimate of drug-likeness (QED) is 0.579. The van der Waals surface area contributed by atoms with Gasteiger partial charge in [-0.15, -0.1) is 0 Å². The van der Waals surface area contributed by atoms with E-state index in [9.17, 15) is 4.79 Å². The molecule has 1 aliphatic rings. The van der Waals surface area contributed by atoms with Crippen LogP contribution >= 0.6 is 0 Å². The molecule has 0 saturated heterocycles. The minimum atomic E-state index is -0.546. The van der Waals surface area contributed by atoms with Gasteiger partial charge in [-0.05, 0) is 25.7 Å². The van der Waals surface area contributed by atoms with Crippen LogP contribution in [0.2, 0.25) is 0 Å². The molecule has 1 rings (SSSR count). The molecule has 1 aliphatic carbocycles. The maximum absolute atomic E-state index is 12.8. The second-order valence-electron chi connectivity index (χ2n) is 6.78. The molecule has 1 amide bonds. The molecule has 0 unspecified atom stereocenters. The van der Waals surface area contributed by atoms with Crippen LogP contribution in [0.4, 0.5) is 0 Å². The standard InChI is InChI=1S/C18H36N2O/c1-3-5-7-11-15-20(16-12-8-6-4-2)17(21)18(19)13-9-10-14-18/h3-16,19H2,1-2H3. The summed E-state index contributed by atoms with van der Waals surface area (Å²) in [6.45, 7) is 6.26. The Morgan fingerprint density at radius 3 is 1.81 bits per heavy atom. The largest absolute Gasteiger partial charge is 0.341 e. The lowest BCUT2D eigenvalue weighted by Crippen LogP contribution is -2.54. The van der Waals surface area contributed by atoms with E-state index >= 15 is 0 Å². The van der Waals surface area contributed by atoms with Crippen LogP contribution in [0.1, 0.15) is 90.9 Å². The van der Waals surface area contributed by atoms with Crippen molar-refractivity contribution in [1.82, 2.24) is 4.90 Å². The number of unbranched alkanes of at least 4 members (excludes halogenated alkanes) is 6.